The van der Waals surface area contributed by atoms with Crippen molar-refractivity contribution in [3.8, 4) is 0 Å². The first-order valence-corrected chi connectivity index (χ1v) is 15.2. The molecule has 2 bridgehead atoms. The van der Waals surface area contributed by atoms with E-state index in [4.69, 9.17) is 33.2 Å². The van der Waals surface area contributed by atoms with Crippen LogP contribution in [0.1, 0.15) is 82.1 Å². The maximum Gasteiger partial charge on any atom is 0.303 e. The molecule has 0 radical (unpaired) electrons. The molecule has 0 aromatic heterocycles. The van der Waals surface area contributed by atoms with Crippen molar-refractivity contribution in [2.24, 2.45) is 22.7 Å². The summed E-state index contributed by atoms with van der Waals surface area (Å²) in [5, 5.41) is 0. The van der Waals surface area contributed by atoms with Gasteiger partial charge < -0.3 is 33.2 Å². The monoisotopic (exact) mass is 636 g/mol. The van der Waals surface area contributed by atoms with Gasteiger partial charge in [0.05, 0.1) is 17.9 Å². The summed E-state index contributed by atoms with van der Waals surface area (Å²) in [7, 11) is 0. The lowest BCUT2D eigenvalue weighted by Gasteiger charge is -2.68. The molecular weight excluding hydrogens is 592 g/mol. The molecule has 1 saturated heterocycles. The van der Waals surface area contributed by atoms with E-state index >= 15 is 0 Å². The Balaban J connectivity index is 2.18. The number of rotatable bonds is 6. The average Bonchev–Trinajstić information content (AvgIpc) is 2.86. The molecule has 45 heavy (non-hydrogen) atoms. The lowest BCUT2D eigenvalue weighted by molar-refractivity contribution is -0.356. The molecule has 3 aliphatic carbocycles. The molecule has 13 heteroatoms. The van der Waals surface area contributed by atoms with Crippen LogP contribution in [0.3, 0.4) is 0 Å². The van der Waals surface area contributed by atoms with Gasteiger partial charge in [0.15, 0.2) is 17.8 Å². The summed E-state index contributed by atoms with van der Waals surface area (Å²) < 4.78 is 42.2. The van der Waals surface area contributed by atoms with E-state index in [2.05, 4.69) is 0 Å². The van der Waals surface area contributed by atoms with Gasteiger partial charge in [-0.25, -0.2) is 0 Å². The van der Waals surface area contributed by atoms with E-state index in [1.165, 1.54) is 41.5 Å². The molecule has 13 nitrogen and oxygen atoms in total. The van der Waals surface area contributed by atoms with Crippen molar-refractivity contribution < 1.29 is 61.9 Å². The quantitative estimate of drug-likeness (QED) is 0.237. The Kier molecular flexibility index (Phi) is 9.20. The number of carbonyl (C=O) groups excluding carboxylic acids is 6. The van der Waals surface area contributed by atoms with Crippen LogP contribution in [-0.2, 0) is 61.9 Å². The van der Waals surface area contributed by atoms with Gasteiger partial charge in [0.1, 0.15) is 24.4 Å². The van der Waals surface area contributed by atoms with E-state index in [0.29, 0.717) is 11.1 Å². The lowest BCUT2D eigenvalue weighted by atomic mass is 9.45. The first kappa shape index (κ1) is 34.4. The van der Waals surface area contributed by atoms with Crippen LogP contribution in [0.5, 0.6) is 0 Å². The van der Waals surface area contributed by atoms with Crippen molar-refractivity contribution in [2.45, 2.75) is 124 Å². The number of carbonyl (C=O) groups is 6. The zero-order valence-corrected chi connectivity index (χ0v) is 27.5. The fourth-order valence-electron chi connectivity index (χ4n) is 8.67. The summed E-state index contributed by atoms with van der Waals surface area (Å²) in [6.45, 7) is 14.6. The molecule has 0 amide bonds. The Hall–Kier alpha value is -3.48. The maximum absolute atomic E-state index is 12.9. The van der Waals surface area contributed by atoms with E-state index in [1.54, 1.807) is 13.8 Å². The molecule has 2 saturated carbocycles. The van der Waals surface area contributed by atoms with Crippen LogP contribution >= 0.6 is 0 Å². The van der Waals surface area contributed by atoms with Gasteiger partial charge in [-0.2, -0.15) is 0 Å². The fraction of sp³-hybridized carbons (Fsp3) is 0.750. The predicted molar refractivity (Wildman–Crippen MR) is 153 cm³/mol. The number of fused-ring (bicyclic) bond motifs is 5. The summed E-state index contributed by atoms with van der Waals surface area (Å²) in [6.07, 6.45) is -6.11. The van der Waals surface area contributed by atoms with Crippen LogP contribution < -0.4 is 0 Å². The Labute approximate surface area is 262 Å². The third-order valence-corrected chi connectivity index (χ3v) is 10.1. The van der Waals surface area contributed by atoms with E-state index in [-0.39, 0.29) is 19.4 Å². The van der Waals surface area contributed by atoms with Crippen LogP contribution in [0.25, 0.3) is 0 Å². The molecule has 1 heterocycles. The number of ether oxygens (including phenoxy) is 7. The molecule has 10 atom stereocenters. The van der Waals surface area contributed by atoms with E-state index < -0.39 is 101 Å². The highest BCUT2D eigenvalue weighted by atomic mass is 16.6. The molecule has 0 N–H and O–H groups in total. The van der Waals surface area contributed by atoms with Crippen LogP contribution in [0, 0.1) is 22.7 Å². The summed E-state index contributed by atoms with van der Waals surface area (Å²) in [5.41, 5.74) is -2.76. The van der Waals surface area contributed by atoms with Crippen molar-refractivity contribution in [3.05, 3.63) is 11.1 Å². The second kappa shape index (κ2) is 12.0. The topological polar surface area (TPSA) is 167 Å². The predicted octanol–water partition coefficient (Wildman–Crippen LogP) is 2.75. The molecule has 3 fully saturated rings. The highest BCUT2D eigenvalue weighted by Crippen LogP contribution is 2.65. The van der Waals surface area contributed by atoms with Gasteiger partial charge >= 0.3 is 35.8 Å². The second-order valence-corrected chi connectivity index (χ2v) is 13.4. The Morgan fingerprint density at radius 1 is 0.711 bits per heavy atom. The van der Waals surface area contributed by atoms with Gasteiger partial charge in [0.25, 0.3) is 0 Å². The molecule has 4 aliphatic rings. The summed E-state index contributed by atoms with van der Waals surface area (Å²) in [4.78, 5) is 76.4. The minimum absolute atomic E-state index is 0.0410. The number of hydrogen-bond donors (Lipinski definition) is 0. The Morgan fingerprint density at radius 2 is 1.27 bits per heavy atom. The third kappa shape index (κ3) is 5.83. The largest absolute Gasteiger partial charge is 0.462 e. The van der Waals surface area contributed by atoms with Gasteiger partial charge in [-0.1, -0.05) is 20.8 Å². The van der Waals surface area contributed by atoms with E-state index in [0.717, 1.165) is 0 Å². The van der Waals surface area contributed by atoms with Crippen molar-refractivity contribution in [2.75, 3.05) is 6.61 Å². The summed E-state index contributed by atoms with van der Waals surface area (Å²) >= 11 is 0. The first-order chi connectivity index (χ1) is 20.8. The minimum atomic E-state index is -1.50. The van der Waals surface area contributed by atoms with Crippen LogP contribution in [0.2, 0.25) is 0 Å². The van der Waals surface area contributed by atoms with Gasteiger partial charge in [0.2, 0.25) is 0 Å². The standard InChI is InChI=1S/C32H44O13/c1-14-22(40-15(2)33)11-21-26(42-17(4)35)28-31(10,23(41-16(3)34)12-24-32(28,13-39-24)45-20(7)38)29(44-19(6)37)27(43-18(5)36)25(14)30(21,8)9/h21-24,26-29H,11-13H2,1-10H3/t21-,22-,23-,24+,26+,27+,28?,29-,31+,32-/m0/s1. The van der Waals surface area contributed by atoms with Gasteiger partial charge in [-0.15, -0.1) is 0 Å². The Bertz CT molecular complexity index is 1320. The van der Waals surface area contributed by atoms with Crippen LogP contribution in [0.4, 0.5) is 0 Å². The average molecular weight is 637 g/mol. The normalized spacial score (nSPS) is 38.0. The van der Waals surface area contributed by atoms with Gasteiger partial charge in [-0.05, 0) is 29.9 Å². The maximum atomic E-state index is 12.9. The van der Waals surface area contributed by atoms with E-state index in [9.17, 15) is 28.8 Å². The first-order valence-electron chi connectivity index (χ1n) is 15.2. The smallest absolute Gasteiger partial charge is 0.303 e. The summed E-state index contributed by atoms with van der Waals surface area (Å²) in [6, 6.07) is 0. The zero-order chi connectivity index (χ0) is 33.8. The number of hydrogen-bond acceptors (Lipinski definition) is 13. The highest BCUT2D eigenvalue weighted by Gasteiger charge is 2.77. The van der Waals surface area contributed by atoms with E-state index in [1.807, 2.05) is 13.8 Å². The zero-order valence-electron chi connectivity index (χ0n) is 27.5. The van der Waals surface area contributed by atoms with Crippen molar-refractivity contribution >= 4 is 35.8 Å². The van der Waals surface area contributed by atoms with Gasteiger partial charge in [0, 0.05) is 53.9 Å². The van der Waals surface area contributed by atoms with Gasteiger partial charge in [-0.3, -0.25) is 28.8 Å². The minimum Gasteiger partial charge on any atom is -0.462 e. The van der Waals surface area contributed by atoms with Crippen LogP contribution in [0.15, 0.2) is 11.1 Å². The molecular formula is C32H44O13. The van der Waals surface area contributed by atoms with Crippen LogP contribution in [-0.4, -0.2) is 84.6 Å². The molecule has 0 aromatic carbocycles. The fourth-order valence-corrected chi connectivity index (χ4v) is 8.67. The van der Waals surface area contributed by atoms with Crippen molar-refractivity contribution in [1.29, 1.82) is 0 Å². The highest BCUT2D eigenvalue weighted by molar-refractivity contribution is 5.70. The Morgan fingerprint density at radius 3 is 1.73 bits per heavy atom. The SMILES string of the molecule is CC(=O)O[C@H]1C[C@H]2[C@@H](OC(C)=O)C3[C@@](C)([C@@H](OC(C)=O)C[C@H]4OC[C@@]34OC(C)=O)[C@@H](OC(C)=O)[C@H](OC(C)=O)C(=C1C)C2(C)C. The number of esters is 6. The summed E-state index contributed by atoms with van der Waals surface area (Å²) in [5.74, 6) is -5.53. The van der Waals surface area contributed by atoms with Crippen molar-refractivity contribution in [1.82, 2.24) is 0 Å². The molecule has 0 spiro atoms. The second-order valence-electron chi connectivity index (χ2n) is 13.4. The third-order valence-electron chi connectivity index (χ3n) is 10.1. The molecule has 4 rings (SSSR count). The lowest BCUT2D eigenvalue weighted by Crippen LogP contribution is -2.80. The molecule has 0 aromatic rings. The van der Waals surface area contributed by atoms with Crippen molar-refractivity contribution in [3.63, 3.8) is 0 Å². The molecule has 1 unspecified atom stereocenters. The molecule has 250 valence electrons. The molecule has 1 aliphatic heterocycles.